The van der Waals surface area contributed by atoms with E-state index in [-0.39, 0.29) is 12.1 Å². The van der Waals surface area contributed by atoms with Gasteiger partial charge in [-0.05, 0) is 31.7 Å². The lowest BCUT2D eigenvalue weighted by Crippen LogP contribution is -2.41. The van der Waals surface area contributed by atoms with E-state index in [1.807, 2.05) is 37.4 Å². The first-order chi connectivity index (χ1) is 13.1. The molecule has 1 atom stereocenters. The molecule has 140 valence electrons. The van der Waals surface area contributed by atoms with Gasteiger partial charge >= 0.3 is 6.03 Å². The maximum atomic E-state index is 13.1. The van der Waals surface area contributed by atoms with Crippen LogP contribution in [-0.4, -0.2) is 37.4 Å². The third-order valence-electron chi connectivity index (χ3n) is 4.84. The van der Waals surface area contributed by atoms with Crippen LogP contribution in [0.3, 0.4) is 0 Å². The largest absolute Gasteiger partial charge is 0.337 e. The van der Waals surface area contributed by atoms with Gasteiger partial charge in [0, 0.05) is 19.2 Å². The van der Waals surface area contributed by atoms with E-state index in [9.17, 15) is 4.79 Å². The SMILES string of the molecule is Cc1noc([C@@H]2CCCCN2C(=O)Nc2c(-c3ccccc3)cnn2C)n1. The number of carbonyl (C=O) groups is 1. The highest BCUT2D eigenvalue weighted by Gasteiger charge is 2.32. The van der Waals surface area contributed by atoms with Crippen molar-refractivity contribution in [2.75, 3.05) is 11.9 Å². The summed E-state index contributed by atoms with van der Waals surface area (Å²) in [6, 6.07) is 9.50. The average Bonchev–Trinajstić information content (AvgIpc) is 3.29. The zero-order chi connectivity index (χ0) is 18.8. The second kappa shape index (κ2) is 7.22. The number of hydrogen-bond donors (Lipinski definition) is 1. The van der Waals surface area contributed by atoms with E-state index < -0.39 is 0 Å². The zero-order valence-electron chi connectivity index (χ0n) is 15.4. The monoisotopic (exact) mass is 366 g/mol. The predicted molar refractivity (Wildman–Crippen MR) is 100.0 cm³/mol. The summed E-state index contributed by atoms with van der Waals surface area (Å²) in [6.45, 7) is 2.43. The molecule has 8 heteroatoms. The summed E-state index contributed by atoms with van der Waals surface area (Å²) in [7, 11) is 1.82. The molecule has 1 aliphatic heterocycles. The van der Waals surface area contributed by atoms with Crippen LogP contribution < -0.4 is 5.32 Å². The molecule has 3 aromatic rings. The molecular weight excluding hydrogens is 344 g/mol. The Balaban J connectivity index is 1.59. The predicted octanol–water partition coefficient (Wildman–Crippen LogP) is 3.54. The summed E-state index contributed by atoms with van der Waals surface area (Å²) in [5.41, 5.74) is 1.89. The van der Waals surface area contributed by atoms with Gasteiger partial charge in [-0.15, -0.1) is 0 Å². The lowest BCUT2D eigenvalue weighted by molar-refractivity contribution is 0.142. The summed E-state index contributed by atoms with van der Waals surface area (Å²) in [5.74, 6) is 1.74. The zero-order valence-corrected chi connectivity index (χ0v) is 15.4. The van der Waals surface area contributed by atoms with Gasteiger partial charge in [-0.3, -0.25) is 10.00 Å². The Morgan fingerprint density at radius 2 is 2.07 bits per heavy atom. The molecule has 0 unspecified atom stereocenters. The number of anilines is 1. The maximum Gasteiger partial charge on any atom is 0.323 e. The van der Waals surface area contributed by atoms with Crippen molar-refractivity contribution >= 4 is 11.8 Å². The molecule has 0 radical (unpaired) electrons. The summed E-state index contributed by atoms with van der Waals surface area (Å²) in [4.78, 5) is 19.2. The van der Waals surface area contributed by atoms with E-state index in [0.29, 0.717) is 24.1 Å². The van der Waals surface area contributed by atoms with Gasteiger partial charge in [0.25, 0.3) is 0 Å². The molecule has 2 amide bonds. The Hall–Kier alpha value is -3.16. The van der Waals surface area contributed by atoms with Crippen molar-refractivity contribution in [3.63, 3.8) is 0 Å². The number of likely N-dealkylation sites (tertiary alicyclic amines) is 1. The normalized spacial score (nSPS) is 17.1. The van der Waals surface area contributed by atoms with Crippen molar-refractivity contribution in [2.24, 2.45) is 7.05 Å². The molecule has 1 aliphatic rings. The quantitative estimate of drug-likeness (QED) is 0.766. The Bertz CT molecular complexity index is 933. The summed E-state index contributed by atoms with van der Waals surface area (Å²) in [6.07, 6.45) is 4.55. The summed E-state index contributed by atoms with van der Waals surface area (Å²) in [5, 5.41) is 11.2. The van der Waals surface area contributed by atoms with E-state index in [0.717, 1.165) is 30.4 Å². The van der Waals surface area contributed by atoms with Gasteiger partial charge < -0.3 is 9.42 Å². The van der Waals surface area contributed by atoms with Crippen molar-refractivity contribution in [3.05, 3.63) is 48.2 Å². The Labute approximate surface area is 157 Å². The van der Waals surface area contributed by atoms with Crippen molar-refractivity contribution in [2.45, 2.75) is 32.2 Å². The van der Waals surface area contributed by atoms with Crippen molar-refractivity contribution in [3.8, 4) is 11.1 Å². The molecule has 0 saturated carbocycles. The Morgan fingerprint density at radius 3 is 2.81 bits per heavy atom. The number of aromatic nitrogens is 4. The molecule has 1 N–H and O–H groups in total. The first-order valence-electron chi connectivity index (χ1n) is 9.08. The second-order valence-electron chi connectivity index (χ2n) is 6.71. The molecule has 1 saturated heterocycles. The fraction of sp³-hybridized carbons (Fsp3) is 0.368. The average molecular weight is 366 g/mol. The fourth-order valence-corrected chi connectivity index (χ4v) is 3.47. The molecule has 2 aromatic heterocycles. The van der Waals surface area contributed by atoms with Gasteiger partial charge in [-0.25, -0.2) is 4.79 Å². The van der Waals surface area contributed by atoms with Crippen molar-refractivity contribution in [1.82, 2.24) is 24.8 Å². The Morgan fingerprint density at radius 1 is 1.26 bits per heavy atom. The van der Waals surface area contributed by atoms with Crippen LogP contribution in [-0.2, 0) is 7.05 Å². The highest BCUT2D eigenvalue weighted by Crippen LogP contribution is 2.32. The molecule has 0 bridgehead atoms. The smallest absolute Gasteiger partial charge is 0.323 e. The van der Waals surface area contributed by atoms with Crippen LogP contribution in [0.25, 0.3) is 11.1 Å². The van der Waals surface area contributed by atoms with Gasteiger partial charge in [0.2, 0.25) is 5.89 Å². The topological polar surface area (TPSA) is 89.1 Å². The number of benzene rings is 1. The van der Waals surface area contributed by atoms with Gasteiger partial charge in [-0.1, -0.05) is 35.5 Å². The molecule has 1 fully saturated rings. The van der Waals surface area contributed by atoms with Crippen LogP contribution in [0.4, 0.5) is 10.6 Å². The second-order valence-corrected chi connectivity index (χ2v) is 6.71. The summed E-state index contributed by atoms with van der Waals surface area (Å²) < 4.78 is 7.01. The minimum Gasteiger partial charge on any atom is -0.337 e. The lowest BCUT2D eigenvalue weighted by atomic mass is 10.0. The van der Waals surface area contributed by atoms with Crippen LogP contribution in [0.2, 0.25) is 0 Å². The molecule has 27 heavy (non-hydrogen) atoms. The molecule has 0 spiro atoms. The highest BCUT2D eigenvalue weighted by molar-refractivity contribution is 5.93. The molecule has 0 aliphatic carbocycles. The first kappa shape index (κ1) is 17.3. The number of amides is 2. The van der Waals surface area contributed by atoms with Crippen LogP contribution in [0.5, 0.6) is 0 Å². The Kier molecular flexibility index (Phi) is 4.62. The van der Waals surface area contributed by atoms with E-state index in [2.05, 4.69) is 20.6 Å². The number of urea groups is 1. The number of rotatable bonds is 3. The molecular formula is C19H22N6O2. The minimum absolute atomic E-state index is 0.184. The van der Waals surface area contributed by atoms with E-state index in [1.54, 1.807) is 22.7 Å². The van der Waals surface area contributed by atoms with Crippen LogP contribution >= 0.6 is 0 Å². The highest BCUT2D eigenvalue weighted by atomic mass is 16.5. The van der Waals surface area contributed by atoms with Crippen LogP contribution in [0.15, 0.2) is 41.1 Å². The van der Waals surface area contributed by atoms with Crippen LogP contribution in [0, 0.1) is 6.92 Å². The number of aryl methyl sites for hydroxylation is 2. The maximum absolute atomic E-state index is 13.1. The first-order valence-corrected chi connectivity index (χ1v) is 9.08. The van der Waals surface area contributed by atoms with Gasteiger partial charge in [0.15, 0.2) is 5.82 Å². The van der Waals surface area contributed by atoms with Gasteiger partial charge in [0.05, 0.1) is 6.20 Å². The van der Waals surface area contributed by atoms with Crippen molar-refractivity contribution in [1.29, 1.82) is 0 Å². The number of carbonyl (C=O) groups excluding carboxylic acids is 1. The summed E-state index contributed by atoms with van der Waals surface area (Å²) >= 11 is 0. The number of nitrogens with zero attached hydrogens (tertiary/aromatic N) is 5. The third kappa shape index (κ3) is 3.42. The van der Waals surface area contributed by atoms with E-state index >= 15 is 0 Å². The van der Waals surface area contributed by atoms with Gasteiger partial charge in [-0.2, -0.15) is 10.1 Å². The molecule has 1 aromatic carbocycles. The van der Waals surface area contributed by atoms with E-state index in [1.165, 1.54) is 0 Å². The van der Waals surface area contributed by atoms with E-state index in [4.69, 9.17) is 4.52 Å². The number of hydrogen-bond acceptors (Lipinski definition) is 5. The fourth-order valence-electron chi connectivity index (χ4n) is 3.47. The van der Waals surface area contributed by atoms with Crippen LogP contribution in [0.1, 0.15) is 37.0 Å². The number of nitrogens with one attached hydrogen (secondary N) is 1. The van der Waals surface area contributed by atoms with Crippen molar-refractivity contribution < 1.29 is 9.32 Å². The lowest BCUT2D eigenvalue weighted by Gasteiger charge is -2.33. The third-order valence-corrected chi connectivity index (χ3v) is 4.84. The molecule has 8 nitrogen and oxygen atoms in total. The minimum atomic E-state index is -0.201. The number of piperidine rings is 1. The molecule has 3 heterocycles. The standard InChI is InChI=1S/C19H22N6O2/c1-13-21-18(27-23-13)16-10-6-7-11-25(16)19(26)22-17-15(12-20-24(17)2)14-8-4-3-5-9-14/h3-5,8-9,12,16H,6-7,10-11H2,1-2H3,(H,22,26)/t16-/m0/s1. The van der Waals surface area contributed by atoms with Gasteiger partial charge in [0.1, 0.15) is 11.9 Å². The molecule has 4 rings (SSSR count).